The quantitative estimate of drug-likeness (QED) is 0.859. The third-order valence-electron chi connectivity index (χ3n) is 4.65. The summed E-state index contributed by atoms with van der Waals surface area (Å²) >= 11 is 0. The number of hydrogen-bond donors (Lipinski definition) is 1. The predicted molar refractivity (Wildman–Crippen MR) is 83.8 cm³/mol. The molecule has 2 N–H and O–H groups in total. The molecule has 0 saturated heterocycles. The Kier molecular flexibility index (Phi) is 4.24. The smallest absolute Gasteiger partial charge is 0.191 e. The van der Waals surface area contributed by atoms with Crippen molar-refractivity contribution in [2.24, 2.45) is 10.7 Å². The molecule has 0 aromatic heterocycles. The molecule has 1 aromatic rings. The van der Waals surface area contributed by atoms with E-state index in [4.69, 9.17) is 5.73 Å². The Balaban J connectivity index is 1.70. The summed E-state index contributed by atoms with van der Waals surface area (Å²) in [6.07, 6.45) is 9.05. The summed E-state index contributed by atoms with van der Waals surface area (Å²) in [5, 5.41) is 0. The maximum absolute atomic E-state index is 6.18. The van der Waals surface area contributed by atoms with Crippen molar-refractivity contribution in [3.8, 4) is 0 Å². The Labute approximate surface area is 121 Å². The van der Waals surface area contributed by atoms with Gasteiger partial charge in [0.2, 0.25) is 0 Å². The van der Waals surface area contributed by atoms with E-state index in [1.54, 1.807) is 0 Å². The Morgan fingerprint density at radius 1 is 1.05 bits per heavy atom. The fourth-order valence-electron chi connectivity index (χ4n) is 3.63. The lowest BCUT2D eigenvalue weighted by Crippen LogP contribution is -2.48. The Hall–Kier alpha value is -1.51. The molecular formula is C17H25N3. The van der Waals surface area contributed by atoms with Gasteiger partial charge >= 0.3 is 0 Å². The molecule has 3 heteroatoms. The first kappa shape index (κ1) is 13.5. The van der Waals surface area contributed by atoms with Gasteiger partial charge in [-0.15, -0.1) is 0 Å². The molecule has 0 spiro atoms. The van der Waals surface area contributed by atoms with Crippen molar-refractivity contribution in [3.63, 3.8) is 0 Å². The van der Waals surface area contributed by atoms with E-state index in [0.717, 1.165) is 18.9 Å². The highest BCUT2D eigenvalue weighted by Crippen LogP contribution is 2.26. The summed E-state index contributed by atoms with van der Waals surface area (Å²) in [7, 11) is 0. The maximum atomic E-state index is 6.18. The SMILES string of the molecule is NC1=NCC(Cc2ccccc2)N1C1CCCCCC1. The lowest BCUT2D eigenvalue weighted by molar-refractivity contribution is 0.234. The van der Waals surface area contributed by atoms with E-state index in [1.807, 2.05) is 0 Å². The largest absolute Gasteiger partial charge is 0.370 e. The molecule has 1 saturated carbocycles. The van der Waals surface area contributed by atoms with Crippen LogP contribution in [0.4, 0.5) is 0 Å². The highest BCUT2D eigenvalue weighted by Gasteiger charge is 2.32. The summed E-state index contributed by atoms with van der Waals surface area (Å²) in [6, 6.07) is 11.8. The molecule has 0 amide bonds. The third-order valence-corrected chi connectivity index (χ3v) is 4.65. The summed E-state index contributed by atoms with van der Waals surface area (Å²) in [6.45, 7) is 0.858. The molecule has 1 aliphatic carbocycles. The topological polar surface area (TPSA) is 41.6 Å². The van der Waals surface area contributed by atoms with E-state index in [2.05, 4.69) is 40.2 Å². The van der Waals surface area contributed by atoms with Crippen molar-refractivity contribution in [2.45, 2.75) is 57.0 Å². The lowest BCUT2D eigenvalue weighted by atomic mass is 10.0. The van der Waals surface area contributed by atoms with E-state index in [1.165, 1.54) is 44.1 Å². The standard InChI is InChI=1S/C17H25N3/c18-17-19-13-16(12-14-8-4-3-5-9-14)20(17)15-10-6-1-2-7-11-15/h3-5,8-9,15-16H,1-2,6-7,10-13H2,(H2,18,19). The molecule has 20 heavy (non-hydrogen) atoms. The number of benzene rings is 1. The van der Waals surface area contributed by atoms with Gasteiger partial charge in [0.25, 0.3) is 0 Å². The van der Waals surface area contributed by atoms with Crippen LogP contribution in [0.25, 0.3) is 0 Å². The lowest BCUT2D eigenvalue weighted by Gasteiger charge is -2.34. The Morgan fingerprint density at radius 2 is 1.75 bits per heavy atom. The summed E-state index contributed by atoms with van der Waals surface area (Å²) in [5.74, 6) is 0.776. The molecule has 1 heterocycles. The van der Waals surface area contributed by atoms with Crippen LogP contribution in [0.5, 0.6) is 0 Å². The maximum Gasteiger partial charge on any atom is 0.191 e. The van der Waals surface area contributed by atoms with E-state index in [0.29, 0.717) is 12.1 Å². The molecule has 0 radical (unpaired) electrons. The molecule has 3 rings (SSSR count). The van der Waals surface area contributed by atoms with Crippen LogP contribution in [0, 0.1) is 0 Å². The fraction of sp³-hybridized carbons (Fsp3) is 0.588. The van der Waals surface area contributed by atoms with E-state index < -0.39 is 0 Å². The molecule has 1 aliphatic heterocycles. The summed E-state index contributed by atoms with van der Waals surface area (Å²) < 4.78 is 0. The van der Waals surface area contributed by atoms with Gasteiger partial charge in [-0.2, -0.15) is 0 Å². The Bertz CT molecular complexity index is 447. The van der Waals surface area contributed by atoms with Gasteiger partial charge in [0, 0.05) is 6.04 Å². The monoisotopic (exact) mass is 271 g/mol. The molecule has 108 valence electrons. The minimum atomic E-state index is 0.459. The zero-order valence-electron chi connectivity index (χ0n) is 12.2. The van der Waals surface area contributed by atoms with Gasteiger partial charge in [-0.05, 0) is 24.8 Å². The second-order valence-electron chi connectivity index (χ2n) is 6.10. The first-order valence-electron chi connectivity index (χ1n) is 7.97. The summed E-state index contributed by atoms with van der Waals surface area (Å²) in [4.78, 5) is 6.95. The van der Waals surface area contributed by atoms with Crippen LogP contribution in [-0.2, 0) is 6.42 Å². The fourth-order valence-corrected chi connectivity index (χ4v) is 3.63. The Morgan fingerprint density at radius 3 is 2.45 bits per heavy atom. The van der Waals surface area contributed by atoms with Crippen molar-refractivity contribution in [1.82, 2.24) is 4.90 Å². The zero-order valence-corrected chi connectivity index (χ0v) is 12.2. The van der Waals surface area contributed by atoms with Gasteiger partial charge in [-0.25, -0.2) is 0 Å². The molecule has 0 bridgehead atoms. The van der Waals surface area contributed by atoms with Gasteiger partial charge in [0.05, 0.1) is 12.6 Å². The minimum Gasteiger partial charge on any atom is -0.370 e. The minimum absolute atomic E-state index is 0.459. The van der Waals surface area contributed by atoms with Gasteiger partial charge in [-0.1, -0.05) is 56.0 Å². The van der Waals surface area contributed by atoms with Gasteiger partial charge < -0.3 is 10.6 Å². The first-order valence-corrected chi connectivity index (χ1v) is 7.97. The highest BCUT2D eigenvalue weighted by atomic mass is 15.3. The highest BCUT2D eigenvalue weighted by molar-refractivity contribution is 5.80. The molecule has 1 atom stereocenters. The van der Waals surface area contributed by atoms with Crippen LogP contribution in [0.2, 0.25) is 0 Å². The van der Waals surface area contributed by atoms with Crippen LogP contribution in [-0.4, -0.2) is 29.5 Å². The number of nitrogens with two attached hydrogens (primary N) is 1. The molecule has 1 fully saturated rings. The normalized spacial score (nSPS) is 24.5. The number of hydrogen-bond acceptors (Lipinski definition) is 3. The van der Waals surface area contributed by atoms with Gasteiger partial charge in [-0.3, -0.25) is 4.99 Å². The van der Waals surface area contributed by atoms with Crippen LogP contribution in [0.1, 0.15) is 44.1 Å². The number of nitrogens with zero attached hydrogens (tertiary/aromatic N) is 2. The van der Waals surface area contributed by atoms with Crippen molar-refractivity contribution in [2.75, 3.05) is 6.54 Å². The van der Waals surface area contributed by atoms with Crippen LogP contribution < -0.4 is 5.73 Å². The van der Waals surface area contributed by atoms with Gasteiger partial charge in [0.15, 0.2) is 5.96 Å². The van der Waals surface area contributed by atoms with Crippen LogP contribution in [0.3, 0.4) is 0 Å². The van der Waals surface area contributed by atoms with E-state index in [9.17, 15) is 0 Å². The van der Waals surface area contributed by atoms with Crippen molar-refractivity contribution < 1.29 is 0 Å². The van der Waals surface area contributed by atoms with E-state index in [-0.39, 0.29) is 0 Å². The third kappa shape index (κ3) is 2.97. The van der Waals surface area contributed by atoms with Crippen LogP contribution in [0.15, 0.2) is 35.3 Å². The number of rotatable bonds is 3. The van der Waals surface area contributed by atoms with Crippen molar-refractivity contribution >= 4 is 5.96 Å². The molecule has 3 nitrogen and oxygen atoms in total. The number of guanidine groups is 1. The molecule has 1 unspecified atom stereocenters. The predicted octanol–water partition coefficient (Wildman–Crippen LogP) is 2.95. The van der Waals surface area contributed by atoms with Crippen molar-refractivity contribution in [1.29, 1.82) is 0 Å². The summed E-state index contributed by atoms with van der Waals surface area (Å²) in [5.41, 5.74) is 7.57. The first-order chi connectivity index (χ1) is 9.84. The second kappa shape index (κ2) is 6.29. The molecular weight excluding hydrogens is 246 g/mol. The molecule has 2 aliphatic rings. The average molecular weight is 271 g/mol. The van der Waals surface area contributed by atoms with Crippen LogP contribution >= 0.6 is 0 Å². The zero-order chi connectivity index (χ0) is 13.8. The van der Waals surface area contributed by atoms with E-state index >= 15 is 0 Å². The number of aliphatic imine (C=N–C) groups is 1. The average Bonchev–Trinajstić information content (AvgIpc) is 2.69. The second-order valence-corrected chi connectivity index (χ2v) is 6.10. The van der Waals surface area contributed by atoms with Crippen molar-refractivity contribution in [3.05, 3.63) is 35.9 Å². The molecule has 1 aromatic carbocycles. The van der Waals surface area contributed by atoms with Gasteiger partial charge in [0.1, 0.15) is 0 Å².